The van der Waals surface area contributed by atoms with Crippen LogP contribution >= 0.6 is 11.6 Å². The Morgan fingerprint density at radius 2 is 1.39 bits per heavy atom. The fourth-order valence-electron chi connectivity index (χ4n) is 3.14. The topological polar surface area (TPSA) is 60.9 Å². The number of hydrogen-bond donors (Lipinski definition) is 1. The van der Waals surface area contributed by atoms with Crippen molar-refractivity contribution in [3.63, 3.8) is 0 Å². The van der Waals surface area contributed by atoms with Crippen LogP contribution in [-0.2, 0) is 0 Å². The lowest BCUT2D eigenvalue weighted by molar-refractivity contribution is 0.100. The number of hydrogen-bond acceptors (Lipinski definition) is 2. The van der Waals surface area contributed by atoms with Gasteiger partial charge < -0.3 is 5.73 Å². The highest BCUT2D eigenvalue weighted by Crippen LogP contribution is 2.28. The number of nitrogens with two attached hydrogens (primary N) is 1. The molecule has 0 aliphatic rings. The Morgan fingerprint density at radius 1 is 0.857 bits per heavy atom. The van der Waals surface area contributed by atoms with Gasteiger partial charge in [-0.1, -0.05) is 48.0 Å². The van der Waals surface area contributed by atoms with Gasteiger partial charge in [0.2, 0.25) is 5.91 Å². The van der Waals surface area contributed by atoms with Crippen molar-refractivity contribution in [2.24, 2.45) is 5.73 Å². The number of aromatic nitrogens is 2. The number of rotatable bonds is 4. The zero-order chi connectivity index (χ0) is 19.7. The SMILES string of the molecule is Cc1cc(-c2ccc(-c3ccc(Cl)cc3)cc2)n(-c2ccc(C(N)=O)cc2)n1. The standard InChI is InChI=1S/C23H18ClN3O/c1-15-14-22(27(26-15)21-12-8-19(9-13-21)23(25)28)18-4-2-16(3-5-18)17-6-10-20(24)11-7-17/h2-14H,1H3,(H2,25,28). The van der Waals surface area contributed by atoms with Gasteiger partial charge in [0.05, 0.1) is 17.1 Å². The Labute approximate surface area is 168 Å². The van der Waals surface area contributed by atoms with Gasteiger partial charge in [-0.2, -0.15) is 5.10 Å². The predicted molar refractivity (Wildman–Crippen MR) is 113 cm³/mol. The molecule has 0 spiro atoms. The van der Waals surface area contributed by atoms with Gasteiger partial charge >= 0.3 is 0 Å². The molecule has 3 aromatic carbocycles. The van der Waals surface area contributed by atoms with Gasteiger partial charge in [-0.05, 0) is 60.5 Å². The molecule has 0 aliphatic carbocycles. The normalized spacial score (nSPS) is 10.8. The lowest BCUT2D eigenvalue weighted by Crippen LogP contribution is -2.10. The van der Waals surface area contributed by atoms with E-state index in [1.54, 1.807) is 12.1 Å². The number of carbonyl (C=O) groups is 1. The van der Waals surface area contributed by atoms with Crippen molar-refractivity contribution in [2.45, 2.75) is 6.92 Å². The Balaban J connectivity index is 1.70. The van der Waals surface area contributed by atoms with Crippen molar-refractivity contribution in [1.82, 2.24) is 9.78 Å². The summed E-state index contributed by atoms with van der Waals surface area (Å²) in [5.74, 6) is -0.443. The fourth-order valence-corrected chi connectivity index (χ4v) is 3.27. The first-order valence-electron chi connectivity index (χ1n) is 8.84. The van der Waals surface area contributed by atoms with E-state index in [-0.39, 0.29) is 0 Å². The predicted octanol–water partition coefficient (Wildman–Crippen LogP) is 5.27. The number of nitrogens with zero attached hydrogens (tertiary/aromatic N) is 2. The Morgan fingerprint density at radius 3 is 1.96 bits per heavy atom. The molecule has 138 valence electrons. The molecule has 4 nitrogen and oxygen atoms in total. The summed E-state index contributed by atoms with van der Waals surface area (Å²) in [6.07, 6.45) is 0. The van der Waals surface area contributed by atoms with Gasteiger partial charge in [-0.15, -0.1) is 0 Å². The van der Waals surface area contributed by atoms with Gasteiger partial charge in [0, 0.05) is 16.1 Å². The molecule has 2 N–H and O–H groups in total. The minimum absolute atomic E-state index is 0.443. The summed E-state index contributed by atoms with van der Waals surface area (Å²) in [4.78, 5) is 11.3. The van der Waals surface area contributed by atoms with Gasteiger partial charge in [0.1, 0.15) is 0 Å². The minimum Gasteiger partial charge on any atom is -0.366 e. The summed E-state index contributed by atoms with van der Waals surface area (Å²) >= 11 is 5.97. The number of halogens is 1. The van der Waals surface area contributed by atoms with E-state index in [1.165, 1.54) is 0 Å². The number of aryl methyl sites for hydroxylation is 1. The molecule has 0 radical (unpaired) electrons. The fraction of sp³-hybridized carbons (Fsp3) is 0.0435. The largest absolute Gasteiger partial charge is 0.366 e. The number of primary amides is 1. The van der Waals surface area contributed by atoms with Crippen LogP contribution in [0.1, 0.15) is 16.1 Å². The molecule has 5 heteroatoms. The van der Waals surface area contributed by atoms with Crippen LogP contribution in [0.25, 0.3) is 28.1 Å². The first kappa shape index (κ1) is 18.0. The van der Waals surface area contributed by atoms with Crippen LogP contribution in [0.2, 0.25) is 5.02 Å². The van der Waals surface area contributed by atoms with Crippen molar-refractivity contribution < 1.29 is 4.79 Å². The second-order valence-corrected chi connectivity index (χ2v) is 7.01. The third-order valence-corrected chi connectivity index (χ3v) is 4.84. The van der Waals surface area contributed by atoms with Crippen LogP contribution in [0.3, 0.4) is 0 Å². The second kappa shape index (κ2) is 7.33. The molecular weight excluding hydrogens is 370 g/mol. The summed E-state index contributed by atoms with van der Waals surface area (Å²) in [6, 6.07) is 25.3. The second-order valence-electron chi connectivity index (χ2n) is 6.58. The zero-order valence-corrected chi connectivity index (χ0v) is 16.0. The molecule has 4 aromatic rings. The first-order valence-corrected chi connectivity index (χ1v) is 9.22. The first-order chi connectivity index (χ1) is 13.5. The van der Waals surface area contributed by atoms with Crippen LogP contribution in [0.5, 0.6) is 0 Å². The van der Waals surface area contributed by atoms with E-state index in [4.69, 9.17) is 17.3 Å². The maximum absolute atomic E-state index is 11.3. The van der Waals surface area contributed by atoms with Gasteiger partial charge in [0.25, 0.3) is 0 Å². The van der Waals surface area contributed by atoms with Crippen LogP contribution in [0.4, 0.5) is 0 Å². The van der Waals surface area contributed by atoms with E-state index in [0.29, 0.717) is 5.56 Å². The summed E-state index contributed by atoms with van der Waals surface area (Å²) in [7, 11) is 0. The summed E-state index contributed by atoms with van der Waals surface area (Å²) in [6.45, 7) is 1.96. The number of benzene rings is 3. The van der Waals surface area contributed by atoms with E-state index in [2.05, 4.69) is 29.4 Å². The molecule has 28 heavy (non-hydrogen) atoms. The third kappa shape index (κ3) is 3.55. The molecule has 0 bridgehead atoms. The van der Waals surface area contributed by atoms with E-state index < -0.39 is 5.91 Å². The van der Waals surface area contributed by atoms with Crippen molar-refractivity contribution in [1.29, 1.82) is 0 Å². The molecule has 0 atom stereocenters. The molecule has 0 saturated carbocycles. The Kier molecular flexibility index (Phi) is 4.72. The van der Waals surface area contributed by atoms with Crippen molar-refractivity contribution in [2.75, 3.05) is 0 Å². The van der Waals surface area contributed by atoms with Crippen molar-refractivity contribution in [3.8, 4) is 28.1 Å². The van der Waals surface area contributed by atoms with E-state index in [0.717, 1.165) is 38.8 Å². The van der Waals surface area contributed by atoms with Crippen molar-refractivity contribution >= 4 is 17.5 Å². The van der Waals surface area contributed by atoms with Crippen LogP contribution < -0.4 is 5.73 Å². The van der Waals surface area contributed by atoms with E-state index >= 15 is 0 Å². The lowest BCUT2D eigenvalue weighted by Gasteiger charge is -2.09. The number of amides is 1. The summed E-state index contributed by atoms with van der Waals surface area (Å²) in [5.41, 5.74) is 11.9. The van der Waals surface area contributed by atoms with E-state index in [1.807, 2.05) is 54.1 Å². The maximum Gasteiger partial charge on any atom is 0.248 e. The summed E-state index contributed by atoms with van der Waals surface area (Å²) in [5, 5.41) is 5.33. The average molecular weight is 388 g/mol. The van der Waals surface area contributed by atoms with Crippen LogP contribution in [0, 0.1) is 6.92 Å². The smallest absolute Gasteiger partial charge is 0.248 e. The highest BCUT2D eigenvalue weighted by molar-refractivity contribution is 6.30. The zero-order valence-electron chi connectivity index (χ0n) is 15.3. The molecule has 4 rings (SSSR count). The minimum atomic E-state index is -0.443. The highest BCUT2D eigenvalue weighted by atomic mass is 35.5. The Bertz CT molecular complexity index is 1130. The third-order valence-electron chi connectivity index (χ3n) is 4.59. The summed E-state index contributed by atoms with van der Waals surface area (Å²) < 4.78 is 1.87. The molecule has 1 heterocycles. The quantitative estimate of drug-likeness (QED) is 0.518. The van der Waals surface area contributed by atoms with Crippen LogP contribution in [-0.4, -0.2) is 15.7 Å². The molecule has 0 saturated heterocycles. The Hall–Kier alpha value is -3.37. The monoisotopic (exact) mass is 387 g/mol. The molecule has 1 amide bonds. The van der Waals surface area contributed by atoms with Gasteiger partial charge in [0.15, 0.2) is 0 Å². The average Bonchev–Trinajstić information content (AvgIpc) is 3.10. The lowest BCUT2D eigenvalue weighted by atomic mass is 10.0. The molecule has 0 fully saturated rings. The van der Waals surface area contributed by atoms with Gasteiger partial charge in [-0.3, -0.25) is 4.79 Å². The maximum atomic E-state index is 11.3. The number of carbonyl (C=O) groups excluding carboxylic acids is 1. The van der Waals surface area contributed by atoms with E-state index in [9.17, 15) is 4.79 Å². The molecule has 0 unspecified atom stereocenters. The molecule has 1 aromatic heterocycles. The highest BCUT2D eigenvalue weighted by Gasteiger charge is 2.11. The van der Waals surface area contributed by atoms with Crippen molar-refractivity contribution in [3.05, 3.63) is 95.1 Å². The van der Waals surface area contributed by atoms with Crippen LogP contribution in [0.15, 0.2) is 78.9 Å². The molecular formula is C23H18ClN3O. The molecule has 0 aliphatic heterocycles. The van der Waals surface area contributed by atoms with Gasteiger partial charge in [-0.25, -0.2) is 4.68 Å².